The van der Waals surface area contributed by atoms with Gasteiger partial charge in [0.1, 0.15) is 4.90 Å². The molecule has 1 rings (SSSR count). The van der Waals surface area contributed by atoms with Crippen molar-refractivity contribution in [2.75, 3.05) is 12.3 Å². The molecule has 0 aliphatic carbocycles. The Bertz CT molecular complexity index is 553. The van der Waals surface area contributed by atoms with Gasteiger partial charge in [0.05, 0.1) is 5.69 Å². The molecule has 3 N–H and O–H groups in total. The zero-order valence-corrected chi connectivity index (χ0v) is 16.3. The fourth-order valence-electron chi connectivity index (χ4n) is 2.11. The van der Waals surface area contributed by atoms with Crippen LogP contribution in [0.1, 0.15) is 39.5 Å². The number of nitrogen functional groups attached to an aromatic ring is 1. The van der Waals surface area contributed by atoms with E-state index in [1.807, 2.05) is 0 Å². The number of anilines is 1. The Morgan fingerprint density at radius 3 is 2.48 bits per heavy atom. The van der Waals surface area contributed by atoms with Crippen molar-refractivity contribution in [1.82, 2.24) is 4.72 Å². The topological polar surface area (TPSA) is 72.2 Å². The summed E-state index contributed by atoms with van der Waals surface area (Å²) in [5.74, 6) is 0.357. The molecule has 7 heteroatoms. The van der Waals surface area contributed by atoms with Crippen molar-refractivity contribution in [2.45, 2.75) is 44.4 Å². The normalized spacial score (nSPS) is 13.3. The molecule has 0 aromatic heterocycles. The lowest BCUT2D eigenvalue weighted by atomic mass is 10.00. The molecule has 0 saturated carbocycles. The van der Waals surface area contributed by atoms with Crippen LogP contribution in [0.3, 0.4) is 0 Å². The molecule has 0 spiro atoms. The van der Waals surface area contributed by atoms with Gasteiger partial charge in [0, 0.05) is 15.5 Å². The van der Waals surface area contributed by atoms with Gasteiger partial charge in [-0.05, 0) is 40.4 Å². The van der Waals surface area contributed by atoms with Gasteiger partial charge in [-0.25, -0.2) is 13.1 Å². The van der Waals surface area contributed by atoms with E-state index in [4.69, 9.17) is 5.73 Å². The first-order valence-electron chi connectivity index (χ1n) is 7.06. The molecule has 4 nitrogen and oxygen atoms in total. The van der Waals surface area contributed by atoms with Crippen LogP contribution in [0.25, 0.3) is 0 Å². The van der Waals surface area contributed by atoms with E-state index >= 15 is 0 Å². The fraction of sp³-hybridized carbons (Fsp3) is 0.571. The summed E-state index contributed by atoms with van der Waals surface area (Å²) < 4.78 is 28.8. The van der Waals surface area contributed by atoms with E-state index in [0.717, 1.165) is 30.2 Å². The van der Waals surface area contributed by atoms with Gasteiger partial charge in [0.25, 0.3) is 0 Å². The lowest BCUT2D eigenvalue weighted by molar-refractivity contribution is 0.443. The number of benzene rings is 1. The summed E-state index contributed by atoms with van der Waals surface area (Å²) in [7, 11) is -3.61. The van der Waals surface area contributed by atoms with Crippen LogP contribution in [0.4, 0.5) is 5.69 Å². The molecule has 21 heavy (non-hydrogen) atoms. The Labute approximate surface area is 144 Å². The number of nitrogens with two attached hydrogens (primary N) is 1. The molecular formula is C14H22Br2N2O2S. The minimum Gasteiger partial charge on any atom is -0.398 e. The van der Waals surface area contributed by atoms with E-state index in [0.29, 0.717) is 16.9 Å². The van der Waals surface area contributed by atoms with Gasteiger partial charge in [0.15, 0.2) is 0 Å². The first kappa shape index (κ1) is 18.9. The second-order valence-corrected chi connectivity index (χ2v) is 8.55. The minimum atomic E-state index is -3.61. The van der Waals surface area contributed by atoms with Gasteiger partial charge in [-0.1, -0.05) is 49.0 Å². The number of rotatable bonds is 8. The number of sulfonamides is 1. The molecule has 0 saturated heterocycles. The second-order valence-electron chi connectivity index (χ2n) is 5.07. The van der Waals surface area contributed by atoms with Gasteiger partial charge in [-0.15, -0.1) is 0 Å². The third-order valence-electron chi connectivity index (χ3n) is 3.41. The average molecular weight is 442 g/mol. The van der Waals surface area contributed by atoms with Crippen molar-refractivity contribution in [3.8, 4) is 0 Å². The van der Waals surface area contributed by atoms with Crippen molar-refractivity contribution in [3.63, 3.8) is 0 Å². The van der Waals surface area contributed by atoms with E-state index in [-0.39, 0.29) is 10.6 Å². The maximum Gasteiger partial charge on any atom is 0.243 e. The van der Waals surface area contributed by atoms with Crippen LogP contribution in [0, 0.1) is 5.92 Å². The van der Waals surface area contributed by atoms with Gasteiger partial charge < -0.3 is 5.73 Å². The standard InChI is InChI=1S/C14H22Br2N2O2S/c1-3-5-6-10(4-2)9-18-21(19,20)14-12(16)7-11(15)8-13(14)17/h7-8,10,18H,3-6,9,17H2,1-2H3. The SMILES string of the molecule is CCCCC(CC)CNS(=O)(=O)c1c(N)cc(Br)cc1Br. The number of nitrogens with one attached hydrogen (secondary N) is 1. The highest BCUT2D eigenvalue weighted by molar-refractivity contribution is 9.11. The predicted octanol–water partition coefficient (Wildman–Crippen LogP) is 4.29. The molecule has 0 aliphatic rings. The second kappa shape index (κ2) is 8.50. The van der Waals surface area contributed by atoms with Crippen LogP contribution in [-0.2, 0) is 10.0 Å². The summed E-state index contributed by atoms with van der Waals surface area (Å²) >= 11 is 6.56. The lowest BCUT2D eigenvalue weighted by Crippen LogP contribution is -2.30. The Morgan fingerprint density at radius 1 is 1.29 bits per heavy atom. The quantitative estimate of drug-likeness (QED) is 0.591. The molecule has 0 amide bonds. The molecule has 1 unspecified atom stereocenters. The van der Waals surface area contributed by atoms with Crippen LogP contribution in [0.2, 0.25) is 0 Å². The largest absolute Gasteiger partial charge is 0.398 e. The Morgan fingerprint density at radius 2 is 1.95 bits per heavy atom. The Hall–Kier alpha value is -0.110. The monoisotopic (exact) mass is 440 g/mol. The number of halogens is 2. The highest BCUT2D eigenvalue weighted by Crippen LogP contribution is 2.31. The maximum absolute atomic E-state index is 12.4. The van der Waals surface area contributed by atoms with Gasteiger partial charge in [-0.3, -0.25) is 0 Å². The molecule has 0 bridgehead atoms. The van der Waals surface area contributed by atoms with Crippen LogP contribution in [0.15, 0.2) is 26.0 Å². The van der Waals surface area contributed by atoms with Gasteiger partial charge >= 0.3 is 0 Å². The number of hydrogen-bond acceptors (Lipinski definition) is 3. The summed E-state index contributed by atoms with van der Waals surface area (Å²) in [5.41, 5.74) is 6.08. The van der Waals surface area contributed by atoms with Crippen molar-refractivity contribution in [2.24, 2.45) is 5.92 Å². The highest BCUT2D eigenvalue weighted by Gasteiger charge is 2.22. The van der Waals surface area contributed by atoms with Crippen molar-refractivity contribution < 1.29 is 8.42 Å². The van der Waals surface area contributed by atoms with Crippen LogP contribution in [-0.4, -0.2) is 15.0 Å². The van der Waals surface area contributed by atoms with E-state index in [9.17, 15) is 8.42 Å². The van der Waals surface area contributed by atoms with Gasteiger partial charge in [0.2, 0.25) is 10.0 Å². The molecule has 0 aliphatic heterocycles. The van der Waals surface area contributed by atoms with E-state index < -0.39 is 10.0 Å². The maximum atomic E-state index is 12.4. The Balaban J connectivity index is 2.87. The zero-order chi connectivity index (χ0) is 16.0. The molecule has 120 valence electrons. The summed E-state index contributed by atoms with van der Waals surface area (Å²) in [6.07, 6.45) is 4.23. The van der Waals surface area contributed by atoms with Gasteiger partial charge in [-0.2, -0.15) is 0 Å². The summed E-state index contributed by atoms with van der Waals surface area (Å²) in [6, 6.07) is 3.27. The third kappa shape index (κ3) is 5.54. The van der Waals surface area contributed by atoms with E-state index in [1.54, 1.807) is 12.1 Å². The summed E-state index contributed by atoms with van der Waals surface area (Å²) in [5, 5.41) is 0. The zero-order valence-electron chi connectivity index (χ0n) is 12.3. The van der Waals surface area contributed by atoms with Crippen LogP contribution >= 0.6 is 31.9 Å². The van der Waals surface area contributed by atoms with Crippen molar-refractivity contribution >= 4 is 47.6 Å². The minimum absolute atomic E-state index is 0.107. The van der Waals surface area contributed by atoms with E-state index in [2.05, 4.69) is 50.4 Å². The average Bonchev–Trinajstić information content (AvgIpc) is 2.37. The lowest BCUT2D eigenvalue weighted by Gasteiger charge is -2.17. The molecule has 0 fully saturated rings. The predicted molar refractivity (Wildman–Crippen MR) is 94.7 cm³/mol. The van der Waals surface area contributed by atoms with Crippen LogP contribution in [0.5, 0.6) is 0 Å². The molecular weight excluding hydrogens is 420 g/mol. The number of hydrogen-bond donors (Lipinski definition) is 2. The molecule has 1 atom stereocenters. The van der Waals surface area contributed by atoms with Crippen LogP contribution < -0.4 is 10.5 Å². The highest BCUT2D eigenvalue weighted by atomic mass is 79.9. The summed E-state index contributed by atoms with van der Waals surface area (Å²) in [4.78, 5) is 0.107. The number of unbranched alkanes of at least 4 members (excludes halogenated alkanes) is 1. The fourth-order valence-corrected chi connectivity index (χ4v) is 5.29. The smallest absolute Gasteiger partial charge is 0.243 e. The molecule has 0 heterocycles. The van der Waals surface area contributed by atoms with Crippen molar-refractivity contribution in [3.05, 3.63) is 21.1 Å². The summed E-state index contributed by atoms with van der Waals surface area (Å²) in [6.45, 7) is 4.66. The molecule has 1 aromatic carbocycles. The third-order valence-corrected chi connectivity index (χ3v) is 6.30. The Kier molecular flexibility index (Phi) is 7.67. The molecule has 0 radical (unpaired) electrons. The first-order chi connectivity index (χ1) is 9.81. The van der Waals surface area contributed by atoms with E-state index in [1.165, 1.54) is 0 Å². The van der Waals surface area contributed by atoms with Crippen molar-refractivity contribution in [1.29, 1.82) is 0 Å². The first-order valence-corrected chi connectivity index (χ1v) is 10.1. The molecule has 1 aromatic rings.